The average Bonchev–Trinajstić information content (AvgIpc) is 3.21. The molecule has 36 heavy (non-hydrogen) atoms. The van der Waals surface area contributed by atoms with Gasteiger partial charge in [-0.1, -0.05) is 20.3 Å². The van der Waals surface area contributed by atoms with Gasteiger partial charge in [0.25, 0.3) is 6.47 Å². The fourth-order valence-electron chi connectivity index (χ4n) is 4.56. The van der Waals surface area contributed by atoms with E-state index in [1.807, 2.05) is 12.4 Å². The molecule has 0 saturated carbocycles. The van der Waals surface area contributed by atoms with Gasteiger partial charge < -0.3 is 14.4 Å². The average molecular weight is 506 g/mol. The number of aryl methyl sites for hydroxylation is 1. The van der Waals surface area contributed by atoms with Gasteiger partial charge in [-0.15, -0.1) is 0 Å². The zero-order chi connectivity index (χ0) is 25.7. The van der Waals surface area contributed by atoms with E-state index in [2.05, 4.69) is 26.9 Å². The molecule has 0 unspecified atom stereocenters. The Balaban J connectivity index is 1.36. The van der Waals surface area contributed by atoms with Crippen LogP contribution in [0.3, 0.4) is 0 Å². The molecular formula is C25H30F3N5O3. The summed E-state index contributed by atoms with van der Waals surface area (Å²) in [7, 11) is 0. The van der Waals surface area contributed by atoms with Crippen LogP contribution in [-0.2, 0) is 16.0 Å². The number of anilines is 2. The molecule has 0 amide bonds. The predicted molar refractivity (Wildman–Crippen MR) is 129 cm³/mol. The van der Waals surface area contributed by atoms with Crippen LogP contribution in [0.5, 0.6) is 5.75 Å². The predicted octanol–water partition coefficient (Wildman–Crippen LogP) is 4.39. The number of alkyl halides is 3. The van der Waals surface area contributed by atoms with E-state index < -0.39 is 23.8 Å². The second kappa shape index (κ2) is 11.1. The Labute approximate surface area is 208 Å². The van der Waals surface area contributed by atoms with Crippen molar-refractivity contribution in [1.29, 1.82) is 0 Å². The summed E-state index contributed by atoms with van der Waals surface area (Å²) in [6.07, 6.45) is 2.85. The fourth-order valence-corrected chi connectivity index (χ4v) is 4.56. The summed E-state index contributed by atoms with van der Waals surface area (Å²) in [4.78, 5) is 21.8. The molecule has 0 N–H and O–H groups in total. The maximum Gasteiger partial charge on any atom is 0.431 e. The number of hydrogen-bond donors (Lipinski definition) is 0. The monoisotopic (exact) mass is 505 g/mol. The van der Waals surface area contributed by atoms with E-state index in [1.165, 1.54) is 11.9 Å². The highest BCUT2D eigenvalue weighted by Crippen LogP contribution is 2.36. The number of halogens is 3. The molecule has 0 bridgehead atoms. The summed E-state index contributed by atoms with van der Waals surface area (Å²) < 4.78 is 51.1. The summed E-state index contributed by atoms with van der Waals surface area (Å²) in [5.41, 5.74) is 0.707. The van der Waals surface area contributed by atoms with Crippen LogP contribution in [0.1, 0.15) is 38.7 Å². The minimum atomic E-state index is -4.56. The standard InChI is InChI=1S/C25H30F3N5O3/c1-3-4-18-13-29-24(30-14-18)32-11-9-21(10-12-32)36-20-7-5-19(6-8-20)33-22(15-35-16-34)17(2)23(31-33)25(26,27)28/h5-8,13-14,16-17,21-22H,3-4,9-12,15H2,1-2H3/t17-,22-/m0/s1. The second-order valence-corrected chi connectivity index (χ2v) is 9.05. The lowest BCUT2D eigenvalue weighted by Gasteiger charge is -2.32. The molecule has 1 fully saturated rings. The van der Waals surface area contributed by atoms with Crippen molar-refractivity contribution in [3.05, 3.63) is 42.2 Å². The van der Waals surface area contributed by atoms with Crippen LogP contribution in [0.15, 0.2) is 41.8 Å². The van der Waals surface area contributed by atoms with Crippen molar-refractivity contribution in [3.63, 3.8) is 0 Å². The molecule has 1 saturated heterocycles. The van der Waals surface area contributed by atoms with Crippen LogP contribution in [0.25, 0.3) is 0 Å². The molecule has 1 aromatic heterocycles. The van der Waals surface area contributed by atoms with E-state index in [4.69, 9.17) is 9.47 Å². The summed E-state index contributed by atoms with van der Waals surface area (Å²) >= 11 is 0. The van der Waals surface area contributed by atoms with Crippen molar-refractivity contribution in [1.82, 2.24) is 9.97 Å². The third-order valence-electron chi connectivity index (χ3n) is 6.52. The first-order valence-electron chi connectivity index (χ1n) is 12.1. The highest BCUT2D eigenvalue weighted by molar-refractivity contribution is 5.95. The highest BCUT2D eigenvalue weighted by Gasteiger charge is 2.48. The zero-order valence-electron chi connectivity index (χ0n) is 20.3. The van der Waals surface area contributed by atoms with Gasteiger partial charge in [0.05, 0.1) is 11.7 Å². The molecule has 1 aromatic carbocycles. The maximum atomic E-state index is 13.4. The molecule has 2 aromatic rings. The van der Waals surface area contributed by atoms with E-state index in [-0.39, 0.29) is 19.2 Å². The number of ether oxygens (including phenoxy) is 2. The van der Waals surface area contributed by atoms with Gasteiger partial charge in [-0.05, 0) is 36.2 Å². The Morgan fingerprint density at radius 2 is 1.78 bits per heavy atom. The SMILES string of the molecule is CCCc1cnc(N2CCC(Oc3ccc(N4N=C(C(F)(F)F)[C@@H](C)[C@@H]4COC=O)cc3)CC2)nc1. The molecule has 2 aliphatic heterocycles. The maximum absolute atomic E-state index is 13.4. The smallest absolute Gasteiger partial charge is 0.431 e. The first-order chi connectivity index (χ1) is 17.3. The molecule has 0 aliphatic carbocycles. The number of hydrazone groups is 1. The highest BCUT2D eigenvalue weighted by atomic mass is 19.4. The number of carbonyl (C=O) groups excluding carboxylic acids is 1. The molecule has 8 nitrogen and oxygen atoms in total. The van der Waals surface area contributed by atoms with Gasteiger partial charge in [-0.2, -0.15) is 18.3 Å². The van der Waals surface area contributed by atoms with E-state index in [0.717, 1.165) is 50.3 Å². The lowest BCUT2D eigenvalue weighted by Crippen LogP contribution is -2.39. The third kappa shape index (κ3) is 5.88. The number of benzene rings is 1. The van der Waals surface area contributed by atoms with Crippen LogP contribution in [0, 0.1) is 5.92 Å². The minimum absolute atomic E-state index is 0.0156. The molecule has 4 rings (SSSR count). The molecular weight excluding hydrogens is 475 g/mol. The number of piperidine rings is 1. The Bertz CT molecular complexity index is 1040. The number of rotatable bonds is 9. The van der Waals surface area contributed by atoms with Gasteiger partial charge in [-0.3, -0.25) is 9.80 Å². The van der Waals surface area contributed by atoms with Gasteiger partial charge in [0.1, 0.15) is 24.2 Å². The Morgan fingerprint density at radius 3 is 2.36 bits per heavy atom. The fraction of sp³-hybridized carbons (Fsp3) is 0.520. The van der Waals surface area contributed by atoms with Gasteiger partial charge in [0, 0.05) is 44.2 Å². The van der Waals surface area contributed by atoms with Crippen LogP contribution in [0.4, 0.5) is 24.8 Å². The molecule has 0 radical (unpaired) electrons. The Hall–Kier alpha value is -3.37. The number of aromatic nitrogens is 2. The van der Waals surface area contributed by atoms with E-state index >= 15 is 0 Å². The molecule has 11 heteroatoms. The van der Waals surface area contributed by atoms with E-state index in [9.17, 15) is 18.0 Å². The van der Waals surface area contributed by atoms with Crippen LogP contribution >= 0.6 is 0 Å². The number of hydrogen-bond acceptors (Lipinski definition) is 8. The van der Waals surface area contributed by atoms with Crippen molar-refractivity contribution in [2.75, 3.05) is 29.6 Å². The second-order valence-electron chi connectivity index (χ2n) is 9.05. The molecule has 194 valence electrons. The Morgan fingerprint density at radius 1 is 1.11 bits per heavy atom. The molecule has 3 heterocycles. The summed E-state index contributed by atoms with van der Waals surface area (Å²) in [5.74, 6) is 0.410. The summed E-state index contributed by atoms with van der Waals surface area (Å²) in [5, 5.41) is 5.08. The Kier molecular flexibility index (Phi) is 7.95. The van der Waals surface area contributed by atoms with Crippen molar-refractivity contribution in [2.24, 2.45) is 11.0 Å². The van der Waals surface area contributed by atoms with Gasteiger partial charge in [0.15, 0.2) is 0 Å². The van der Waals surface area contributed by atoms with Crippen LogP contribution in [0.2, 0.25) is 0 Å². The van der Waals surface area contributed by atoms with Crippen molar-refractivity contribution in [2.45, 2.75) is 57.9 Å². The number of nitrogens with zero attached hydrogens (tertiary/aromatic N) is 5. The van der Waals surface area contributed by atoms with Gasteiger partial charge >= 0.3 is 6.18 Å². The lowest BCUT2D eigenvalue weighted by molar-refractivity contribution is -0.129. The molecule has 2 aliphatic rings. The van der Waals surface area contributed by atoms with Gasteiger partial charge in [-0.25, -0.2) is 9.97 Å². The van der Waals surface area contributed by atoms with Crippen LogP contribution in [-0.4, -0.2) is 60.2 Å². The summed E-state index contributed by atoms with van der Waals surface area (Å²) in [6, 6.07) is 6.03. The summed E-state index contributed by atoms with van der Waals surface area (Å²) in [6.45, 7) is 5.13. The molecule has 0 spiro atoms. The number of carbonyl (C=O) groups is 1. The van der Waals surface area contributed by atoms with Crippen molar-refractivity contribution < 1.29 is 27.4 Å². The van der Waals surface area contributed by atoms with Crippen LogP contribution < -0.4 is 14.6 Å². The normalized spacial score (nSPS) is 20.9. The first-order valence-corrected chi connectivity index (χ1v) is 12.1. The van der Waals surface area contributed by atoms with E-state index in [1.54, 1.807) is 24.3 Å². The third-order valence-corrected chi connectivity index (χ3v) is 6.52. The quantitative estimate of drug-likeness (QED) is 0.468. The topological polar surface area (TPSA) is 80.1 Å². The van der Waals surface area contributed by atoms with Crippen molar-refractivity contribution in [3.8, 4) is 5.75 Å². The molecule has 2 atom stereocenters. The minimum Gasteiger partial charge on any atom is -0.490 e. The van der Waals surface area contributed by atoms with Gasteiger partial charge in [0.2, 0.25) is 5.95 Å². The van der Waals surface area contributed by atoms with E-state index in [0.29, 0.717) is 11.4 Å². The van der Waals surface area contributed by atoms with Crippen molar-refractivity contribution >= 4 is 23.8 Å². The first kappa shape index (κ1) is 25.7. The lowest BCUT2D eigenvalue weighted by atomic mass is 9.97. The zero-order valence-corrected chi connectivity index (χ0v) is 20.3. The largest absolute Gasteiger partial charge is 0.490 e.